The van der Waals surface area contributed by atoms with Gasteiger partial charge in [-0.15, -0.1) is 0 Å². The average molecular weight is 337 g/mol. The van der Waals surface area contributed by atoms with Crippen LogP contribution in [0.2, 0.25) is 0 Å². The van der Waals surface area contributed by atoms with Crippen molar-refractivity contribution in [1.29, 1.82) is 0 Å². The van der Waals surface area contributed by atoms with Crippen LogP contribution >= 0.6 is 0 Å². The molecule has 1 aliphatic rings. The number of nitrogens with one attached hydrogen (secondary N) is 1. The molecule has 1 aliphatic carbocycles. The van der Waals surface area contributed by atoms with E-state index in [1.807, 2.05) is 45.0 Å². The zero-order valence-corrected chi connectivity index (χ0v) is 15.3. The predicted molar refractivity (Wildman–Crippen MR) is 101 cm³/mol. The Balaban J connectivity index is 1.65. The van der Waals surface area contributed by atoms with Gasteiger partial charge in [-0.05, 0) is 73.9 Å². The number of ether oxygens (including phenoxy) is 1. The van der Waals surface area contributed by atoms with Crippen molar-refractivity contribution in [3.63, 3.8) is 0 Å². The van der Waals surface area contributed by atoms with E-state index in [2.05, 4.69) is 23.5 Å². The molecule has 25 heavy (non-hydrogen) atoms. The number of rotatable bonds is 6. The normalized spacial score (nSPS) is 15.3. The van der Waals surface area contributed by atoms with Crippen LogP contribution in [0.25, 0.3) is 0 Å². The maximum absolute atomic E-state index is 12.6. The van der Waals surface area contributed by atoms with E-state index in [4.69, 9.17) is 4.74 Å². The second-order valence-corrected chi connectivity index (χ2v) is 6.94. The van der Waals surface area contributed by atoms with Crippen LogP contribution in [-0.4, -0.2) is 12.0 Å². The number of carbonyl (C=O) groups excluding carboxylic acids is 1. The summed E-state index contributed by atoms with van der Waals surface area (Å²) in [6.45, 7) is 6.03. The molecule has 0 fully saturated rings. The second kappa shape index (κ2) is 7.73. The van der Waals surface area contributed by atoms with Gasteiger partial charge in [-0.3, -0.25) is 4.79 Å². The fourth-order valence-electron chi connectivity index (χ4n) is 3.43. The lowest BCUT2D eigenvalue weighted by Crippen LogP contribution is -2.39. The lowest BCUT2D eigenvalue weighted by Gasteiger charge is -2.21. The van der Waals surface area contributed by atoms with Gasteiger partial charge >= 0.3 is 0 Å². The first-order chi connectivity index (χ1) is 12.1. The highest BCUT2D eigenvalue weighted by atomic mass is 16.5. The molecular formula is C22H27NO2. The first-order valence-corrected chi connectivity index (χ1v) is 9.22. The van der Waals surface area contributed by atoms with Gasteiger partial charge in [-0.25, -0.2) is 0 Å². The Hall–Kier alpha value is -2.29. The van der Waals surface area contributed by atoms with Crippen molar-refractivity contribution in [2.45, 2.75) is 58.6 Å². The maximum atomic E-state index is 12.6. The van der Waals surface area contributed by atoms with Gasteiger partial charge in [0.2, 0.25) is 0 Å². The van der Waals surface area contributed by atoms with E-state index in [9.17, 15) is 4.79 Å². The molecule has 2 atom stereocenters. The quantitative estimate of drug-likeness (QED) is 0.842. The molecule has 0 saturated heterocycles. The summed E-state index contributed by atoms with van der Waals surface area (Å²) in [6, 6.07) is 14.4. The minimum atomic E-state index is -0.473. The van der Waals surface area contributed by atoms with Crippen molar-refractivity contribution >= 4 is 5.91 Å². The summed E-state index contributed by atoms with van der Waals surface area (Å²) in [5, 5.41) is 3.11. The van der Waals surface area contributed by atoms with Crippen LogP contribution in [0, 0.1) is 6.92 Å². The van der Waals surface area contributed by atoms with E-state index in [0.717, 1.165) is 17.7 Å². The standard InChI is InChI=1S/C22H27NO2/c1-4-21(25-20-10-5-7-15(2)13-20)22(24)23-16(3)18-12-11-17-8-6-9-19(17)14-18/h5,7,10-14,16,21H,4,6,8-9H2,1-3H3,(H,23,24). The summed E-state index contributed by atoms with van der Waals surface area (Å²) >= 11 is 0. The van der Waals surface area contributed by atoms with Gasteiger partial charge in [0, 0.05) is 0 Å². The molecule has 0 radical (unpaired) electrons. The molecular weight excluding hydrogens is 310 g/mol. The molecule has 0 heterocycles. The van der Waals surface area contributed by atoms with Crippen LogP contribution in [0.1, 0.15) is 55.0 Å². The highest BCUT2D eigenvalue weighted by Gasteiger charge is 2.21. The van der Waals surface area contributed by atoms with Crippen LogP contribution < -0.4 is 10.1 Å². The largest absolute Gasteiger partial charge is 0.481 e. The minimum Gasteiger partial charge on any atom is -0.481 e. The summed E-state index contributed by atoms with van der Waals surface area (Å²) in [4.78, 5) is 12.6. The first kappa shape index (κ1) is 17.5. The van der Waals surface area contributed by atoms with E-state index in [0.29, 0.717) is 6.42 Å². The fraction of sp³-hybridized carbons (Fsp3) is 0.409. The van der Waals surface area contributed by atoms with Crippen LogP contribution in [-0.2, 0) is 17.6 Å². The number of aryl methyl sites for hydroxylation is 3. The van der Waals surface area contributed by atoms with Gasteiger partial charge in [0.1, 0.15) is 5.75 Å². The van der Waals surface area contributed by atoms with Gasteiger partial charge in [-0.1, -0.05) is 37.3 Å². The average Bonchev–Trinajstić information content (AvgIpc) is 3.07. The third-order valence-corrected chi connectivity index (χ3v) is 4.91. The fourth-order valence-corrected chi connectivity index (χ4v) is 3.43. The van der Waals surface area contributed by atoms with Gasteiger partial charge in [-0.2, -0.15) is 0 Å². The molecule has 3 heteroatoms. The van der Waals surface area contributed by atoms with E-state index in [1.54, 1.807) is 0 Å². The molecule has 0 aliphatic heterocycles. The molecule has 1 amide bonds. The van der Waals surface area contributed by atoms with Crippen molar-refractivity contribution in [3.8, 4) is 5.75 Å². The molecule has 1 N–H and O–H groups in total. The van der Waals surface area contributed by atoms with Crippen molar-refractivity contribution in [2.24, 2.45) is 0 Å². The van der Waals surface area contributed by atoms with Gasteiger partial charge in [0.25, 0.3) is 5.91 Å². The van der Waals surface area contributed by atoms with Crippen molar-refractivity contribution in [1.82, 2.24) is 5.32 Å². The van der Waals surface area contributed by atoms with Crippen LogP contribution in [0.3, 0.4) is 0 Å². The Kier molecular flexibility index (Phi) is 5.42. The second-order valence-electron chi connectivity index (χ2n) is 6.94. The summed E-state index contributed by atoms with van der Waals surface area (Å²) in [7, 11) is 0. The molecule has 132 valence electrons. The van der Waals surface area contributed by atoms with Crippen molar-refractivity contribution in [2.75, 3.05) is 0 Å². The third kappa shape index (κ3) is 4.22. The number of hydrogen-bond acceptors (Lipinski definition) is 2. The number of fused-ring (bicyclic) bond motifs is 1. The lowest BCUT2D eigenvalue weighted by atomic mass is 10.0. The molecule has 2 aromatic carbocycles. The van der Waals surface area contributed by atoms with Crippen LogP contribution in [0.4, 0.5) is 0 Å². The van der Waals surface area contributed by atoms with Crippen LogP contribution in [0.5, 0.6) is 5.75 Å². The summed E-state index contributed by atoms with van der Waals surface area (Å²) in [5.41, 5.74) is 5.18. The Morgan fingerprint density at radius 2 is 1.96 bits per heavy atom. The monoisotopic (exact) mass is 337 g/mol. The number of hydrogen-bond donors (Lipinski definition) is 1. The van der Waals surface area contributed by atoms with E-state index in [-0.39, 0.29) is 11.9 Å². The molecule has 0 saturated carbocycles. The zero-order valence-electron chi connectivity index (χ0n) is 15.3. The molecule has 2 unspecified atom stereocenters. The SMILES string of the molecule is CCC(Oc1cccc(C)c1)C(=O)NC(C)c1ccc2c(c1)CCC2. The number of amides is 1. The van der Waals surface area contributed by atoms with Gasteiger partial charge in [0.05, 0.1) is 6.04 Å². The zero-order chi connectivity index (χ0) is 17.8. The minimum absolute atomic E-state index is 0.0199. The lowest BCUT2D eigenvalue weighted by molar-refractivity contribution is -0.128. The van der Waals surface area contributed by atoms with Gasteiger partial charge in [0.15, 0.2) is 6.10 Å². The summed E-state index contributed by atoms with van der Waals surface area (Å²) in [5.74, 6) is 0.684. The predicted octanol–water partition coefficient (Wildman–Crippen LogP) is 4.52. The van der Waals surface area contributed by atoms with Crippen molar-refractivity contribution in [3.05, 3.63) is 64.7 Å². The first-order valence-electron chi connectivity index (χ1n) is 9.22. The molecule has 3 nitrogen and oxygen atoms in total. The van der Waals surface area contributed by atoms with Gasteiger partial charge < -0.3 is 10.1 Å². The summed E-state index contributed by atoms with van der Waals surface area (Å²) < 4.78 is 5.90. The van der Waals surface area contributed by atoms with Crippen molar-refractivity contribution < 1.29 is 9.53 Å². The van der Waals surface area contributed by atoms with E-state index in [1.165, 1.54) is 29.5 Å². The molecule has 2 aromatic rings. The molecule has 0 spiro atoms. The Morgan fingerprint density at radius 1 is 1.16 bits per heavy atom. The van der Waals surface area contributed by atoms with Crippen LogP contribution in [0.15, 0.2) is 42.5 Å². The summed E-state index contributed by atoms with van der Waals surface area (Å²) in [6.07, 6.45) is 3.73. The number of benzene rings is 2. The Morgan fingerprint density at radius 3 is 2.72 bits per heavy atom. The third-order valence-electron chi connectivity index (χ3n) is 4.91. The molecule has 0 bridgehead atoms. The maximum Gasteiger partial charge on any atom is 0.261 e. The Labute approximate surface area is 150 Å². The smallest absolute Gasteiger partial charge is 0.261 e. The highest BCUT2D eigenvalue weighted by molar-refractivity contribution is 5.81. The highest BCUT2D eigenvalue weighted by Crippen LogP contribution is 2.25. The van der Waals surface area contributed by atoms with E-state index >= 15 is 0 Å². The Bertz CT molecular complexity index is 753. The molecule has 3 rings (SSSR count). The van der Waals surface area contributed by atoms with E-state index < -0.39 is 6.10 Å². The topological polar surface area (TPSA) is 38.3 Å². The number of carbonyl (C=O) groups is 1. The molecule has 0 aromatic heterocycles.